The van der Waals surface area contributed by atoms with Crippen LogP contribution in [-0.4, -0.2) is 58.2 Å². The second-order valence-corrected chi connectivity index (χ2v) is 9.40. The summed E-state index contributed by atoms with van der Waals surface area (Å²) in [5.41, 5.74) is 11.3. The van der Waals surface area contributed by atoms with Gasteiger partial charge in [-0.2, -0.15) is 5.10 Å². The van der Waals surface area contributed by atoms with Crippen molar-refractivity contribution >= 4 is 49.9 Å². The smallest absolute Gasteiger partial charge is 0.225 e. The van der Waals surface area contributed by atoms with Gasteiger partial charge in [0.1, 0.15) is 22.7 Å². The number of hydrogen-bond donors (Lipinski definition) is 2. The highest BCUT2D eigenvalue weighted by molar-refractivity contribution is 7.19. The minimum atomic E-state index is -0.000462. The Morgan fingerprint density at radius 3 is 3.12 bits per heavy atom. The van der Waals surface area contributed by atoms with E-state index in [2.05, 4.69) is 35.5 Å². The number of aromatic nitrogens is 4. The zero-order valence-corrected chi connectivity index (χ0v) is 19.6. The predicted molar refractivity (Wildman–Crippen MR) is 131 cm³/mol. The molecular weight excluding hydrogens is 454 g/mol. The third kappa shape index (κ3) is 4.09. The Bertz CT molecular complexity index is 1420. The number of amides is 1. The monoisotopic (exact) mass is 477 g/mol. The Kier molecular flexibility index (Phi) is 5.91. The van der Waals surface area contributed by atoms with E-state index in [1.54, 1.807) is 42.9 Å². The lowest BCUT2D eigenvalue weighted by Gasteiger charge is -2.24. The minimum absolute atomic E-state index is 0.000462. The Balaban J connectivity index is 1.50. The summed E-state index contributed by atoms with van der Waals surface area (Å²) in [7, 11) is 3.61. The molecule has 2 N–H and O–H groups in total. The van der Waals surface area contributed by atoms with Crippen molar-refractivity contribution in [2.45, 2.75) is 19.3 Å². The molecule has 1 aliphatic rings. The topological polar surface area (TPSA) is 145 Å². The Morgan fingerprint density at radius 1 is 1.41 bits per heavy atom. The molecule has 1 aliphatic carbocycles. The summed E-state index contributed by atoms with van der Waals surface area (Å²) >= 11 is 1.63. The maximum Gasteiger partial charge on any atom is 0.225 e. The van der Waals surface area contributed by atoms with Crippen LogP contribution < -0.4 is 10.1 Å². The van der Waals surface area contributed by atoms with Crippen molar-refractivity contribution in [3.63, 3.8) is 0 Å². The van der Waals surface area contributed by atoms with E-state index in [0.717, 1.165) is 46.1 Å². The van der Waals surface area contributed by atoms with Gasteiger partial charge in [-0.15, -0.1) is 11.3 Å². The molecule has 3 heterocycles. The van der Waals surface area contributed by atoms with Crippen LogP contribution in [0.15, 0.2) is 29.8 Å². The summed E-state index contributed by atoms with van der Waals surface area (Å²) in [6.45, 7) is 0.465. The molecule has 12 heteroatoms. The lowest BCUT2D eigenvalue weighted by Crippen LogP contribution is -2.32. The predicted octanol–water partition coefficient (Wildman–Crippen LogP) is 4.19. The molecule has 0 aliphatic heterocycles. The van der Waals surface area contributed by atoms with Gasteiger partial charge in [0.05, 0.1) is 35.9 Å². The van der Waals surface area contributed by atoms with E-state index in [1.807, 2.05) is 12.1 Å². The van der Waals surface area contributed by atoms with E-state index < -0.39 is 0 Å². The number of aryl methyl sites for hydroxylation is 1. The molecule has 1 aromatic carbocycles. The molecule has 3 aromatic heterocycles. The average molecular weight is 478 g/mol. The lowest BCUT2D eigenvalue weighted by atomic mass is 9.87. The number of aromatic amines is 1. The number of thiophene rings is 1. The molecule has 11 nitrogen and oxygen atoms in total. The van der Waals surface area contributed by atoms with Gasteiger partial charge in [-0.05, 0) is 36.4 Å². The van der Waals surface area contributed by atoms with E-state index in [-0.39, 0.29) is 25.0 Å². The number of ether oxygens (including phenoxy) is 1. The van der Waals surface area contributed by atoms with Gasteiger partial charge in [-0.25, -0.2) is 9.97 Å². The Hall–Kier alpha value is -3.89. The van der Waals surface area contributed by atoms with E-state index in [1.165, 1.54) is 10.4 Å². The highest BCUT2D eigenvalue weighted by Crippen LogP contribution is 2.41. The van der Waals surface area contributed by atoms with E-state index in [9.17, 15) is 4.79 Å². The highest BCUT2D eigenvalue weighted by atomic mass is 32.1. The first-order chi connectivity index (χ1) is 16.5. The summed E-state index contributed by atoms with van der Waals surface area (Å²) in [5, 5.41) is 15.9. The van der Waals surface area contributed by atoms with Crippen LogP contribution in [0.25, 0.3) is 31.6 Å². The van der Waals surface area contributed by atoms with Crippen molar-refractivity contribution in [3.8, 4) is 5.75 Å². The van der Waals surface area contributed by atoms with Crippen LogP contribution in [0.2, 0.25) is 0 Å². The van der Waals surface area contributed by atoms with Crippen molar-refractivity contribution in [3.05, 3.63) is 45.5 Å². The minimum Gasteiger partial charge on any atom is -0.491 e. The summed E-state index contributed by atoms with van der Waals surface area (Å²) in [6.07, 6.45) is 5.63. The van der Waals surface area contributed by atoms with Crippen LogP contribution >= 0.6 is 11.3 Å². The molecule has 1 unspecified atom stereocenters. The molecule has 1 atom stereocenters. The van der Waals surface area contributed by atoms with Crippen LogP contribution in [0.5, 0.6) is 5.75 Å². The number of rotatable bonds is 7. The number of anilines is 2. The van der Waals surface area contributed by atoms with Crippen LogP contribution in [0.3, 0.4) is 0 Å². The largest absolute Gasteiger partial charge is 0.491 e. The van der Waals surface area contributed by atoms with Crippen molar-refractivity contribution in [2.24, 2.45) is 11.0 Å². The van der Waals surface area contributed by atoms with Gasteiger partial charge >= 0.3 is 0 Å². The zero-order valence-electron chi connectivity index (χ0n) is 18.8. The first-order valence-corrected chi connectivity index (χ1v) is 11.7. The molecule has 5 rings (SSSR count). The second kappa shape index (κ2) is 9.16. The van der Waals surface area contributed by atoms with Gasteiger partial charge in [-0.1, -0.05) is 5.11 Å². The maximum absolute atomic E-state index is 12.5. The lowest BCUT2D eigenvalue weighted by molar-refractivity contribution is -0.133. The van der Waals surface area contributed by atoms with Crippen molar-refractivity contribution < 1.29 is 9.53 Å². The number of nitrogens with one attached hydrogen (secondary N) is 2. The fraction of sp³-hybridized carbons (Fsp3) is 0.364. The number of azide groups is 1. The first kappa shape index (κ1) is 21.9. The molecule has 0 spiro atoms. The van der Waals surface area contributed by atoms with E-state index >= 15 is 0 Å². The number of nitrogens with zero attached hydrogens (tertiary/aromatic N) is 7. The number of fused-ring (bicyclic) bond motifs is 4. The fourth-order valence-corrected chi connectivity index (χ4v) is 5.61. The number of carbonyl (C=O) groups is 1. The maximum atomic E-state index is 12.5. The van der Waals surface area contributed by atoms with Crippen molar-refractivity contribution in [2.75, 3.05) is 32.6 Å². The third-order valence-corrected chi connectivity index (χ3v) is 7.10. The normalized spacial score (nSPS) is 15.1. The standard InChI is InChI=1S/C22H23N9O2S/c1-31(2)22(32)12-3-4-14-18(8-12)34-21-19(14)20(24-11-25-21)28-16-7-13-10-27-29-15(13)9-17(16)33-6-5-26-30-23/h7,9-12H,3-6,8H2,1-2H3,(H,27,29)(H,24,25,28). The van der Waals surface area contributed by atoms with E-state index in [0.29, 0.717) is 11.6 Å². The molecule has 174 valence electrons. The molecule has 0 saturated heterocycles. The summed E-state index contributed by atoms with van der Waals surface area (Å²) in [6, 6.07) is 3.81. The van der Waals surface area contributed by atoms with Crippen LogP contribution in [-0.2, 0) is 17.6 Å². The van der Waals surface area contributed by atoms with E-state index in [4.69, 9.17) is 10.3 Å². The molecule has 0 radical (unpaired) electrons. The molecule has 34 heavy (non-hydrogen) atoms. The third-order valence-electron chi connectivity index (χ3n) is 5.94. The quantitative estimate of drug-likeness (QED) is 0.177. The molecule has 0 bridgehead atoms. The fourth-order valence-electron chi connectivity index (χ4n) is 4.34. The summed E-state index contributed by atoms with van der Waals surface area (Å²) < 4.78 is 5.90. The van der Waals surface area contributed by atoms with Gasteiger partial charge in [0.15, 0.2) is 0 Å². The molecule has 0 saturated carbocycles. The van der Waals surface area contributed by atoms with Crippen LogP contribution in [0.4, 0.5) is 11.5 Å². The SMILES string of the molecule is CN(C)C(=O)C1CCc2c(sc3ncnc(Nc4cc5cn[nH]c5cc4OCCN=[N+]=[N-])c23)C1. The number of H-pyrrole nitrogens is 1. The van der Waals surface area contributed by atoms with Gasteiger partial charge in [0, 0.05) is 41.3 Å². The van der Waals surface area contributed by atoms with Gasteiger partial charge < -0.3 is 15.0 Å². The molecule has 1 amide bonds. The number of hydrogen-bond acceptors (Lipinski definition) is 8. The highest BCUT2D eigenvalue weighted by Gasteiger charge is 2.30. The molecular formula is C22H23N9O2S. The zero-order chi connectivity index (χ0) is 23.7. The summed E-state index contributed by atoms with van der Waals surface area (Å²) in [5.74, 6) is 1.46. The van der Waals surface area contributed by atoms with Crippen molar-refractivity contribution in [1.82, 2.24) is 25.1 Å². The average Bonchev–Trinajstić information content (AvgIpc) is 3.44. The van der Waals surface area contributed by atoms with Crippen molar-refractivity contribution in [1.29, 1.82) is 0 Å². The Morgan fingerprint density at radius 2 is 2.29 bits per heavy atom. The first-order valence-electron chi connectivity index (χ1n) is 10.9. The number of carbonyl (C=O) groups excluding carboxylic acids is 1. The Labute approximate surface area is 198 Å². The second-order valence-electron chi connectivity index (χ2n) is 8.31. The molecule has 0 fully saturated rings. The van der Waals surface area contributed by atoms with Gasteiger partial charge in [0.25, 0.3) is 0 Å². The van der Waals surface area contributed by atoms with Crippen LogP contribution in [0, 0.1) is 5.92 Å². The summed E-state index contributed by atoms with van der Waals surface area (Å²) in [4.78, 5) is 28.1. The molecule has 4 aromatic rings. The van der Waals surface area contributed by atoms with Gasteiger partial charge in [-0.3, -0.25) is 9.89 Å². The number of benzene rings is 1. The van der Waals surface area contributed by atoms with Gasteiger partial charge in [0.2, 0.25) is 5.91 Å². The van der Waals surface area contributed by atoms with Crippen LogP contribution in [0.1, 0.15) is 16.9 Å².